The highest BCUT2D eigenvalue weighted by atomic mass is 32.2. The number of pyridine rings is 1. The number of nitrogens with zero attached hydrogens (tertiary/aromatic N) is 7. The molecule has 0 aromatic carbocycles. The van der Waals surface area contributed by atoms with E-state index in [9.17, 15) is 8.42 Å². The van der Waals surface area contributed by atoms with Crippen LogP contribution in [0.2, 0.25) is 0 Å². The van der Waals surface area contributed by atoms with E-state index in [1.807, 2.05) is 35.2 Å². The molecule has 0 unspecified atom stereocenters. The third kappa shape index (κ3) is 3.80. The Labute approximate surface area is 162 Å². The van der Waals surface area contributed by atoms with Gasteiger partial charge in [-0.3, -0.25) is 0 Å². The lowest BCUT2D eigenvalue weighted by Gasteiger charge is -2.33. The number of nitrogens with one attached hydrogen (secondary N) is 1. The summed E-state index contributed by atoms with van der Waals surface area (Å²) >= 11 is 0. The predicted octanol–water partition coefficient (Wildman–Crippen LogP) is 0.860. The smallest absolute Gasteiger partial charge is 0.262 e. The van der Waals surface area contributed by atoms with Crippen molar-refractivity contribution in [3.05, 3.63) is 49.1 Å². The topological polar surface area (TPSA) is 109 Å². The number of anilines is 3. The van der Waals surface area contributed by atoms with Crippen LogP contribution in [0.25, 0.3) is 0 Å². The van der Waals surface area contributed by atoms with Crippen molar-refractivity contribution < 1.29 is 8.42 Å². The normalized spacial score (nSPS) is 15.5. The molecule has 0 bridgehead atoms. The molecule has 0 atom stereocenters. The zero-order chi connectivity index (χ0) is 19.6. The van der Waals surface area contributed by atoms with Crippen LogP contribution >= 0.6 is 0 Å². The number of aromatic nitrogens is 5. The van der Waals surface area contributed by atoms with Crippen LogP contribution in [0.15, 0.2) is 54.1 Å². The molecule has 0 radical (unpaired) electrons. The van der Waals surface area contributed by atoms with Gasteiger partial charge >= 0.3 is 0 Å². The summed E-state index contributed by atoms with van der Waals surface area (Å²) in [4.78, 5) is 10.2. The van der Waals surface area contributed by atoms with Gasteiger partial charge in [0.25, 0.3) is 10.0 Å². The number of hydrogen-bond donors (Lipinski definition) is 1. The molecule has 28 heavy (non-hydrogen) atoms. The number of sulfonamides is 1. The largest absolute Gasteiger partial charge is 0.352 e. The van der Waals surface area contributed by atoms with Crippen LogP contribution in [0.3, 0.4) is 0 Å². The van der Waals surface area contributed by atoms with Crippen LogP contribution in [0.4, 0.5) is 17.5 Å². The van der Waals surface area contributed by atoms with Gasteiger partial charge in [0.1, 0.15) is 5.82 Å². The first-order valence-electron chi connectivity index (χ1n) is 8.77. The summed E-state index contributed by atoms with van der Waals surface area (Å²) in [6.07, 6.45) is 4.70. The maximum Gasteiger partial charge on any atom is 0.262 e. The van der Waals surface area contributed by atoms with Gasteiger partial charge in [0.05, 0.1) is 6.33 Å². The highest BCUT2D eigenvalue weighted by molar-refractivity contribution is 7.89. The molecule has 4 rings (SSSR count). The van der Waals surface area contributed by atoms with Crippen LogP contribution in [0.1, 0.15) is 0 Å². The van der Waals surface area contributed by atoms with E-state index in [0.717, 1.165) is 0 Å². The van der Waals surface area contributed by atoms with Gasteiger partial charge in [0.2, 0.25) is 0 Å². The molecule has 146 valence electrons. The summed E-state index contributed by atoms with van der Waals surface area (Å²) in [5, 5.41) is 11.6. The summed E-state index contributed by atoms with van der Waals surface area (Å²) in [6, 6.07) is 9.26. The van der Waals surface area contributed by atoms with Crippen molar-refractivity contribution in [2.45, 2.75) is 5.03 Å². The highest BCUT2D eigenvalue weighted by Gasteiger charge is 2.30. The quantitative estimate of drug-likeness (QED) is 0.672. The zero-order valence-corrected chi connectivity index (χ0v) is 16.1. The van der Waals surface area contributed by atoms with Gasteiger partial charge in [0.15, 0.2) is 16.7 Å². The second kappa shape index (κ2) is 7.52. The first-order chi connectivity index (χ1) is 13.5. The average molecular weight is 400 g/mol. The van der Waals surface area contributed by atoms with E-state index in [-0.39, 0.29) is 5.03 Å². The molecule has 1 saturated heterocycles. The summed E-state index contributed by atoms with van der Waals surface area (Å²) in [7, 11) is -1.82. The summed E-state index contributed by atoms with van der Waals surface area (Å²) in [5.74, 6) is 2.00. The molecule has 1 N–H and O–H groups in total. The van der Waals surface area contributed by atoms with Gasteiger partial charge in [-0.05, 0) is 24.3 Å². The van der Waals surface area contributed by atoms with Gasteiger partial charge in [-0.15, -0.1) is 10.2 Å². The molecule has 3 aromatic rings. The second-order valence-corrected chi connectivity index (χ2v) is 8.27. The number of rotatable bonds is 5. The molecule has 0 aliphatic carbocycles. The summed E-state index contributed by atoms with van der Waals surface area (Å²) in [5.41, 5.74) is 0. The van der Waals surface area contributed by atoms with Crippen molar-refractivity contribution >= 4 is 27.5 Å². The van der Waals surface area contributed by atoms with Crippen molar-refractivity contribution in [1.29, 1.82) is 0 Å². The molecule has 1 aliphatic heterocycles. The van der Waals surface area contributed by atoms with E-state index in [0.29, 0.717) is 43.6 Å². The van der Waals surface area contributed by atoms with E-state index in [1.165, 1.54) is 16.8 Å². The minimum Gasteiger partial charge on any atom is -0.352 e. The summed E-state index contributed by atoms with van der Waals surface area (Å²) < 4.78 is 28.4. The minimum atomic E-state index is -3.57. The maximum atomic E-state index is 12.7. The molecular formula is C17H20N8O2S. The number of aryl methyl sites for hydroxylation is 1. The number of piperazine rings is 1. The van der Waals surface area contributed by atoms with Gasteiger partial charge in [-0.2, -0.15) is 4.31 Å². The van der Waals surface area contributed by atoms with Gasteiger partial charge < -0.3 is 14.8 Å². The monoisotopic (exact) mass is 400 g/mol. The second-order valence-electron chi connectivity index (χ2n) is 6.39. The molecule has 10 nitrogen and oxygen atoms in total. The minimum absolute atomic E-state index is 0.0770. The van der Waals surface area contributed by atoms with Crippen LogP contribution in [-0.2, 0) is 17.1 Å². The number of imidazole rings is 1. The summed E-state index contributed by atoms with van der Waals surface area (Å²) in [6.45, 7) is 1.81. The highest BCUT2D eigenvalue weighted by Crippen LogP contribution is 2.19. The molecule has 11 heteroatoms. The van der Waals surface area contributed by atoms with Gasteiger partial charge in [-0.25, -0.2) is 18.4 Å². The fourth-order valence-corrected chi connectivity index (χ4v) is 4.33. The number of hydrogen-bond acceptors (Lipinski definition) is 8. The lowest BCUT2D eigenvalue weighted by molar-refractivity contribution is 0.382. The van der Waals surface area contributed by atoms with Gasteiger partial charge in [-0.1, -0.05) is 6.07 Å². The molecule has 4 heterocycles. The molecule has 0 spiro atoms. The molecular weight excluding hydrogens is 380 g/mol. The van der Waals surface area contributed by atoms with E-state index < -0.39 is 10.0 Å². The Balaban J connectivity index is 1.38. The molecule has 1 aliphatic rings. The molecule has 0 amide bonds. The van der Waals surface area contributed by atoms with Crippen LogP contribution < -0.4 is 10.2 Å². The Hall–Kier alpha value is -3.05. The predicted molar refractivity (Wildman–Crippen MR) is 104 cm³/mol. The molecule has 0 saturated carbocycles. The van der Waals surface area contributed by atoms with Crippen molar-refractivity contribution in [3.8, 4) is 0 Å². The van der Waals surface area contributed by atoms with Crippen LogP contribution in [0, 0.1) is 0 Å². The molecule has 1 fully saturated rings. The zero-order valence-electron chi connectivity index (χ0n) is 15.3. The average Bonchev–Trinajstić information content (AvgIpc) is 3.17. The van der Waals surface area contributed by atoms with Crippen molar-refractivity contribution in [1.82, 2.24) is 29.0 Å². The van der Waals surface area contributed by atoms with Crippen molar-refractivity contribution in [3.63, 3.8) is 0 Å². The van der Waals surface area contributed by atoms with Gasteiger partial charge in [0, 0.05) is 45.6 Å². The third-order valence-electron chi connectivity index (χ3n) is 4.42. The standard InChI is InChI=1S/C17H20N8O2S/c1-23-12-17(19-13-23)28(26,27)25-10-8-24(9-11-25)16-6-5-15(21-22-16)20-14-4-2-3-7-18-14/h2-7,12-13H,8-11H2,1H3,(H,18,20,21). The Morgan fingerprint density at radius 1 is 0.964 bits per heavy atom. The lowest BCUT2D eigenvalue weighted by atomic mass is 10.3. The SMILES string of the molecule is Cn1cnc(S(=O)(=O)N2CCN(c3ccc(Nc4ccccn4)nn3)CC2)c1. The Kier molecular flexibility index (Phi) is 4.92. The Morgan fingerprint density at radius 3 is 2.39 bits per heavy atom. The van der Waals surface area contributed by atoms with E-state index in [2.05, 4.69) is 25.5 Å². The Bertz CT molecular complexity index is 1030. The first kappa shape index (κ1) is 18.3. The fraction of sp³-hybridized carbons (Fsp3) is 0.294. The lowest BCUT2D eigenvalue weighted by Crippen LogP contribution is -2.49. The molecule has 3 aromatic heterocycles. The van der Waals surface area contributed by atoms with Crippen molar-refractivity contribution in [2.24, 2.45) is 7.05 Å². The van der Waals surface area contributed by atoms with Crippen molar-refractivity contribution in [2.75, 3.05) is 36.4 Å². The first-order valence-corrected chi connectivity index (χ1v) is 10.2. The van der Waals surface area contributed by atoms with E-state index in [1.54, 1.807) is 17.8 Å². The third-order valence-corrected chi connectivity index (χ3v) is 6.20. The van der Waals surface area contributed by atoms with Crippen LogP contribution in [0.5, 0.6) is 0 Å². The fourth-order valence-electron chi connectivity index (χ4n) is 2.94. The Morgan fingerprint density at radius 2 is 1.79 bits per heavy atom. The maximum absolute atomic E-state index is 12.7. The van der Waals surface area contributed by atoms with E-state index >= 15 is 0 Å². The van der Waals surface area contributed by atoms with Crippen LogP contribution in [-0.4, -0.2) is 63.6 Å². The van der Waals surface area contributed by atoms with E-state index in [4.69, 9.17) is 0 Å².